The Morgan fingerprint density at radius 1 is 1.15 bits per heavy atom. The summed E-state index contributed by atoms with van der Waals surface area (Å²) in [5.74, 6) is -1.03. The molecule has 1 fully saturated rings. The van der Waals surface area contributed by atoms with Crippen LogP contribution in [0.1, 0.15) is 17.2 Å². The summed E-state index contributed by atoms with van der Waals surface area (Å²) in [7, 11) is 0. The van der Waals surface area contributed by atoms with Gasteiger partial charge in [0.15, 0.2) is 0 Å². The summed E-state index contributed by atoms with van der Waals surface area (Å²) in [4.78, 5) is 25.4. The van der Waals surface area contributed by atoms with Crippen LogP contribution in [0.15, 0.2) is 60.7 Å². The number of carbonyl (C=O) groups is 2. The van der Waals surface area contributed by atoms with Crippen molar-refractivity contribution < 1.29 is 32.2 Å². The Balaban J connectivity index is 1.76. The number of rotatable bonds is 4. The van der Waals surface area contributed by atoms with E-state index in [2.05, 4.69) is 4.74 Å². The number of carbonyl (C=O) groups excluding carboxylic acids is 2. The molecule has 3 rings (SSSR count). The zero-order valence-electron chi connectivity index (χ0n) is 13.8. The second-order valence-electron chi connectivity index (χ2n) is 5.67. The normalized spacial score (nSPS) is 17.2. The third kappa shape index (κ3) is 4.66. The van der Waals surface area contributed by atoms with Crippen molar-refractivity contribution in [2.75, 3.05) is 6.61 Å². The van der Waals surface area contributed by atoms with Crippen LogP contribution >= 0.6 is 0 Å². The molecule has 0 N–H and O–H groups in total. The second kappa shape index (κ2) is 7.53. The van der Waals surface area contributed by atoms with Crippen molar-refractivity contribution in [1.29, 1.82) is 0 Å². The summed E-state index contributed by atoms with van der Waals surface area (Å²) < 4.78 is 45.7. The fourth-order valence-electron chi connectivity index (χ4n) is 2.65. The van der Waals surface area contributed by atoms with E-state index >= 15 is 0 Å². The minimum absolute atomic E-state index is 0.0390. The SMILES string of the molecule is O=C(/C=C/c1cccc(OC(F)(F)F)c1)N1C(=O)OC[C@@H]1c1ccccc1. The maximum atomic E-state index is 12.5. The number of ether oxygens (including phenoxy) is 2. The van der Waals surface area contributed by atoms with Crippen LogP contribution in [0.5, 0.6) is 5.75 Å². The van der Waals surface area contributed by atoms with Gasteiger partial charge in [0.2, 0.25) is 0 Å². The number of hydrogen-bond acceptors (Lipinski definition) is 4. The number of imide groups is 1. The molecule has 140 valence electrons. The maximum Gasteiger partial charge on any atom is 0.573 e. The number of alkyl halides is 3. The summed E-state index contributed by atoms with van der Waals surface area (Å²) in [5.41, 5.74) is 1.06. The monoisotopic (exact) mass is 377 g/mol. The van der Waals surface area contributed by atoms with Gasteiger partial charge in [-0.25, -0.2) is 9.69 Å². The number of nitrogens with zero attached hydrogens (tertiary/aromatic N) is 1. The first kappa shape index (κ1) is 18.5. The molecular weight excluding hydrogens is 363 g/mol. The van der Waals surface area contributed by atoms with Gasteiger partial charge in [0, 0.05) is 6.08 Å². The van der Waals surface area contributed by atoms with Crippen molar-refractivity contribution in [3.8, 4) is 5.75 Å². The molecule has 2 aromatic rings. The van der Waals surface area contributed by atoms with E-state index in [1.54, 1.807) is 24.3 Å². The molecule has 1 aliphatic heterocycles. The van der Waals surface area contributed by atoms with Gasteiger partial charge < -0.3 is 9.47 Å². The number of halogens is 3. The minimum Gasteiger partial charge on any atom is -0.446 e. The summed E-state index contributed by atoms with van der Waals surface area (Å²) in [6.07, 6.45) is -3.16. The van der Waals surface area contributed by atoms with Crippen LogP contribution in [0.3, 0.4) is 0 Å². The molecule has 8 heteroatoms. The topological polar surface area (TPSA) is 55.8 Å². The Labute approximate surface area is 152 Å². The summed E-state index contributed by atoms with van der Waals surface area (Å²) >= 11 is 0. The van der Waals surface area contributed by atoms with Gasteiger partial charge in [-0.2, -0.15) is 0 Å². The average Bonchev–Trinajstić information content (AvgIpc) is 3.01. The highest BCUT2D eigenvalue weighted by Crippen LogP contribution is 2.28. The Hall–Kier alpha value is -3.29. The molecule has 0 aromatic heterocycles. The Morgan fingerprint density at radius 3 is 2.59 bits per heavy atom. The second-order valence-corrected chi connectivity index (χ2v) is 5.67. The summed E-state index contributed by atoms with van der Waals surface area (Å²) in [5, 5.41) is 0. The predicted molar refractivity (Wildman–Crippen MR) is 89.5 cm³/mol. The first-order valence-corrected chi connectivity index (χ1v) is 7.92. The van der Waals surface area contributed by atoms with Crippen LogP contribution in [-0.2, 0) is 9.53 Å². The van der Waals surface area contributed by atoms with Crippen molar-refractivity contribution in [2.24, 2.45) is 0 Å². The highest BCUT2D eigenvalue weighted by Gasteiger charge is 2.37. The lowest BCUT2D eigenvalue weighted by Crippen LogP contribution is -2.32. The molecule has 0 bridgehead atoms. The van der Waals surface area contributed by atoms with E-state index in [1.165, 1.54) is 18.2 Å². The molecule has 0 radical (unpaired) electrons. The quantitative estimate of drug-likeness (QED) is 0.745. The lowest BCUT2D eigenvalue weighted by atomic mass is 10.1. The number of benzene rings is 2. The van der Waals surface area contributed by atoms with Gasteiger partial charge in [-0.3, -0.25) is 4.79 Å². The Kier molecular flexibility index (Phi) is 5.16. The molecule has 1 aliphatic rings. The molecule has 2 amide bonds. The average molecular weight is 377 g/mol. The van der Waals surface area contributed by atoms with Gasteiger partial charge >= 0.3 is 12.5 Å². The fourth-order valence-corrected chi connectivity index (χ4v) is 2.65. The van der Waals surface area contributed by atoms with Crippen molar-refractivity contribution in [3.05, 3.63) is 71.8 Å². The van der Waals surface area contributed by atoms with Gasteiger partial charge in [-0.1, -0.05) is 42.5 Å². The molecule has 0 saturated carbocycles. The lowest BCUT2D eigenvalue weighted by molar-refractivity contribution is -0.274. The third-order valence-corrected chi connectivity index (χ3v) is 3.80. The van der Waals surface area contributed by atoms with Gasteiger partial charge in [0.25, 0.3) is 5.91 Å². The highest BCUT2D eigenvalue weighted by atomic mass is 19.4. The Bertz CT molecular complexity index is 865. The summed E-state index contributed by atoms with van der Waals surface area (Å²) in [6.45, 7) is 0.0390. The predicted octanol–water partition coefficient (Wildman–Crippen LogP) is 4.32. The van der Waals surface area contributed by atoms with Gasteiger partial charge in [-0.05, 0) is 29.3 Å². The first-order valence-electron chi connectivity index (χ1n) is 7.92. The largest absolute Gasteiger partial charge is 0.573 e. The molecule has 0 spiro atoms. The summed E-state index contributed by atoms with van der Waals surface area (Å²) in [6, 6.07) is 13.5. The first-order chi connectivity index (χ1) is 12.8. The van der Waals surface area contributed by atoms with Crippen LogP contribution in [0, 0.1) is 0 Å². The molecule has 5 nitrogen and oxygen atoms in total. The van der Waals surface area contributed by atoms with Crippen LogP contribution in [0.25, 0.3) is 6.08 Å². The number of cyclic esters (lactones) is 1. The molecule has 27 heavy (non-hydrogen) atoms. The van der Waals surface area contributed by atoms with E-state index in [0.717, 1.165) is 28.7 Å². The van der Waals surface area contributed by atoms with E-state index in [4.69, 9.17) is 4.74 Å². The zero-order valence-corrected chi connectivity index (χ0v) is 13.8. The molecule has 1 saturated heterocycles. The van der Waals surface area contributed by atoms with Crippen LogP contribution < -0.4 is 4.74 Å². The van der Waals surface area contributed by atoms with Gasteiger partial charge in [-0.15, -0.1) is 13.2 Å². The molecule has 0 aliphatic carbocycles. The van der Waals surface area contributed by atoms with Gasteiger partial charge in [0.1, 0.15) is 18.4 Å². The molecular formula is C19H14F3NO4. The van der Waals surface area contributed by atoms with Crippen molar-refractivity contribution in [3.63, 3.8) is 0 Å². The van der Waals surface area contributed by atoms with Crippen LogP contribution in [0.4, 0.5) is 18.0 Å². The number of amides is 2. The molecule has 2 aromatic carbocycles. The minimum atomic E-state index is -4.81. The lowest BCUT2D eigenvalue weighted by Gasteiger charge is -2.18. The fraction of sp³-hybridized carbons (Fsp3) is 0.158. The van der Waals surface area contributed by atoms with E-state index in [0.29, 0.717) is 5.56 Å². The van der Waals surface area contributed by atoms with Crippen molar-refractivity contribution >= 4 is 18.1 Å². The van der Waals surface area contributed by atoms with E-state index in [1.807, 2.05) is 6.07 Å². The van der Waals surface area contributed by atoms with E-state index in [-0.39, 0.29) is 6.61 Å². The standard InChI is InChI=1S/C19H14F3NO4/c20-19(21,22)27-15-8-4-5-13(11-15)9-10-17(24)23-16(12-26-18(23)25)14-6-2-1-3-7-14/h1-11,16H,12H2/b10-9+/t16-/m1/s1. The van der Waals surface area contributed by atoms with Crippen LogP contribution in [0.2, 0.25) is 0 Å². The highest BCUT2D eigenvalue weighted by molar-refractivity contribution is 6.02. The van der Waals surface area contributed by atoms with E-state index < -0.39 is 30.2 Å². The zero-order chi connectivity index (χ0) is 19.4. The van der Waals surface area contributed by atoms with Gasteiger partial charge in [0.05, 0.1) is 0 Å². The van der Waals surface area contributed by atoms with Crippen LogP contribution in [-0.4, -0.2) is 29.9 Å². The third-order valence-electron chi connectivity index (χ3n) is 3.80. The maximum absolute atomic E-state index is 12.5. The molecule has 0 unspecified atom stereocenters. The van der Waals surface area contributed by atoms with E-state index in [9.17, 15) is 22.8 Å². The number of hydrogen-bond donors (Lipinski definition) is 0. The molecule has 1 heterocycles. The van der Waals surface area contributed by atoms with Crippen molar-refractivity contribution in [2.45, 2.75) is 12.4 Å². The Morgan fingerprint density at radius 2 is 1.89 bits per heavy atom. The van der Waals surface area contributed by atoms with Crippen molar-refractivity contribution in [1.82, 2.24) is 4.90 Å². The smallest absolute Gasteiger partial charge is 0.446 e. The molecule has 1 atom stereocenters.